The third-order valence-corrected chi connectivity index (χ3v) is 2.43. The molecule has 1 N–H and O–H groups in total. The smallest absolute Gasteiger partial charge is 0.255 e. The molecule has 0 saturated heterocycles. The number of hydrogen-bond acceptors (Lipinski definition) is 1. The molecule has 1 atom stereocenters. The van der Waals surface area contributed by atoms with Gasteiger partial charge in [-0.3, -0.25) is 0 Å². The molecule has 0 heterocycles. The molecule has 1 unspecified atom stereocenters. The first-order valence-corrected chi connectivity index (χ1v) is 4.21. The number of aliphatic hydroxyl groups is 1. The SMILES string of the molecule is OCc1ccccc1C1CC1(F)F. The maximum atomic E-state index is 12.7. The van der Waals surface area contributed by atoms with Gasteiger partial charge in [-0.1, -0.05) is 24.3 Å². The van der Waals surface area contributed by atoms with Crippen LogP contribution >= 0.6 is 0 Å². The van der Waals surface area contributed by atoms with Gasteiger partial charge >= 0.3 is 0 Å². The fourth-order valence-electron chi connectivity index (χ4n) is 1.57. The zero-order valence-electron chi connectivity index (χ0n) is 7.00. The Kier molecular flexibility index (Phi) is 1.84. The molecule has 1 fully saturated rings. The predicted molar refractivity (Wildman–Crippen MR) is 44.7 cm³/mol. The van der Waals surface area contributed by atoms with Crippen molar-refractivity contribution in [2.75, 3.05) is 0 Å². The van der Waals surface area contributed by atoms with Crippen molar-refractivity contribution in [2.45, 2.75) is 24.9 Å². The summed E-state index contributed by atoms with van der Waals surface area (Å²) in [5, 5.41) is 8.92. The Morgan fingerprint density at radius 3 is 2.54 bits per heavy atom. The molecule has 1 aromatic carbocycles. The van der Waals surface area contributed by atoms with Crippen LogP contribution < -0.4 is 0 Å². The summed E-state index contributed by atoms with van der Waals surface area (Å²) in [4.78, 5) is 0. The van der Waals surface area contributed by atoms with Crippen molar-refractivity contribution in [3.63, 3.8) is 0 Å². The van der Waals surface area contributed by atoms with E-state index in [4.69, 9.17) is 5.11 Å². The summed E-state index contributed by atoms with van der Waals surface area (Å²) in [6, 6.07) is 6.82. The molecule has 0 aromatic heterocycles. The van der Waals surface area contributed by atoms with E-state index in [1.807, 2.05) is 0 Å². The highest BCUT2D eigenvalue weighted by Crippen LogP contribution is 2.56. The van der Waals surface area contributed by atoms with Gasteiger partial charge in [0.25, 0.3) is 5.92 Å². The zero-order chi connectivity index (χ0) is 9.47. The van der Waals surface area contributed by atoms with Crippen molar-refractivity contribution in [3.05, 3.63) is 35.4 Å². The number of aliphatic hydroxyl groups excluding tert-OH is 1. The Hall–Kier alpha value is -0.960. The number of halogens is 2. The third kappa shape index (κ3) is 1.44. The van der Waals surface area contributed by atoms with Crippen LogP contribution in [-0.4, -0.2) is 11.0 Å². The minimum atomic E-state index is -2.55. The molecular weight excluding hydrogens is 174 g/mol. The standard InChI is InChI=1S/C10H10F2O/c11-10(12)5-9(10)8-4-2-1-3-7(8)6-13/h1-4,9,13H,5-6H2. The van der Waals surface area contributed by atoms with Crippen molar-refractivity contribution in [2.24, 2.45) is 0 Å². The third-order valence-electron chi connectivity index (χ3n) is 2.43. The molecule has 1 nitrogen and oxygen atoms in total. The normalized spacial score (nSPS) is 24.4. The van der Waals surface area contributed by atoms with E-state index in [1.54, 1.807) is 24.3 Å². The summed E-state index contributed by atoms with van der Waals surface area (Å²) < 4.78 is 25.4. The van der Waals surface area contributed by atoms with Crippen LogP contribution in [0, 0.1) is 0 Å². The second kappa shape index (κ2) is 2.77. The molecule has 0 amide bonds. The van der Waals surface area contributed by atoms with Crippen LogP contribution in [0.5, 0.6) is 0 Å². The highest BCUT2D eigenvalue weighted by Gasteiger charge is 2.57. The lowest BCUT2D eigenvalue weighted by Crippen LogP contribution is -1.97. The van der Waals surface area contributed by atoms with Crippen LogP contribution in [-0.2, 0) is 6.61 Å². The van der Waals surface area contributed by atoms with Crippen molar-refractivity contribution in [1.82, 2.24) is 0 Å². The minimum Gasteiger partial charge on any atom is -0.392 e. The topological polar surface area (TPSA) is 20.2 Å². The number of hydrogen-bond donors (Lipinski definition) is 1. The van der Waals surface area contributed by atoms with Crippen LogP contribution in [0.3, 0.4) is 0 Å². The van der Waals surface area contributed by atoms with E-state index in [9.17, 15) is 8.78 Å². The molecule has 3 heteroatoms. The molecule has 0 spiro atoms. The van der Waals surface area contributed by atoms with E-state index < -0.39 is 11.8 Å². The van der Waals surface area contributed by atoms with Crippen molar-refractivity contribution in [3.8, 4) is 0 Å². The molecule has 0 radical (unpaired) electrons. The molecule has 1 aromatic rings. The highest BCUT2D eigenvalue weighted by atomic mass is 19.3. The predicted octanol–water partition coefficient (Wildman–Crippen LogP) is 2.30. The van der Waals surface area contributed by atoms with Gasteiger partial charge in [0.15, 0.2) is 0 Å². The lowest BCUT2D eigenvalue weighted by Gasteiger charge is -2.05. The lowest BCUT2D eigenvalue weighted by molar-refractivity contribution is 0.111. The lowest BCUT2D eigenvalue weighted by atomic mass is 10.0. The van der Waals surface area contributed by atoms with Gasteiger partial charge in [0.2, 0.25) is 0 Å². The maximum absolute atomic E-state index is 12.7. The van der Waals surface area contributed by atoms with E-state index in [0.717, 1.165) is 0 Å². The van der Waals surface area contributed by atoms with Crippen LogP contribution in [0.4, 0.5) is 8.78 Å². The molecule has 1 aliphatic carbocycles. The van der Waals surface area contributed by atoms with Crippen molar-refractivity contribution < 1.29 is 13.9 Å². The summed E-state index contributed by atoms with van der Waals surface area (Å²) in [5.74, 6) is -3.22. The maximum Gasteiger partial charge on any atom is 0.255 e. The molecule has 0 aliphatic heterocycles. The number of rotatable bonds is 2. The van der Waals surface area contributed by atoms with E-state index in [0.29, 0.717) is 11.1 Å². The van der Waals surface area contributed by atoms with Gasteiger partial charge in [-0.15, -0.1) is 0 Å². The first-order chi connectivity index (χ1) is 6.15. The van der Waals surface area contributed by atoms with E-state index in [2.05, 4.69) is 0 Å². The Labute approximate surface area is 75.0 Å². The van der Waals surface area contributed by atoms with E-state index >= 15 is 0 Å². The second-order valence-electron chi connectivity index (χ2n) is 3.37. The van der Waals surface area contributed by atoms with Gasteiger partial charge in [0, 0.05) is 6.42 Å². The Bertz CT molecular complexity index is 322. The second-order valence-corrected chi connectivity index (χ2v) is 3.37. The molecular formula is C10H10F2O. The van der Waals surface area contributed by atoms with E-state index in [1.165, 1.54) is 0 Å². The highest BCUT2D eigenvalue weighted by molar-refractivity contribution is 5.36. The average Bonchev–Trinajstić information content (AvgIpc) is 2.75. The molecule has 0 bridgehead atoms. The monoisotopic (exact) mass is 184 g/mol. The van der Waals surface area contributed by atoms with Crippen molar-refractivity contribution in [1.29, 1.82) is 0 Å². The van der Waals surface area contributed by atoms with Crippen molar-refractivity contribution >= 4 is 0 Å². The zero-order valence-corrected chi connectivity index (χ0v) is 7.00. The first-order valence-electron chi connectivity index (χ1n) is 4.21. The van der Waals surface area contributed by atoms with Gasteiger partial charge in [0.1, 0.15) is 0 Å². The summed E-state index contributed by atoms with van der Waals surface area (Å²) in [5.41, 5.74) is 1.21. The van der Waals surface area contributed by atoms with Crippen LogP contribution in [0.25, 0.3) is 0 Å². The van der Waals surface area contributed by atoms with Gasteiger partial charge in [0.05, 0.1) is 12.5 Å². The van der Waals surface area contributed by atoms with Crippen LogP contribution in [0.1, 0.15) is 23.5 Å². The van der Waals surface area contributed by atoms with E-state index in [-0.39, 0.29) is 13.0 Å². The summed E-state index contributed by atoms with van der Waals surface area (Å²) in [7, 11) is 0. The number of alkyl halides is 2. The molecule has 70 valence electrons. The quantitative estimate of drug-likeness (QED) is 0.747. The van der Waals surface area contributed by atoms with Crippen LogP contribution in [0.15, 0.2) is 24.3 Å². The minimum absolute atomic E-state index is 0.0794. The van der Waals surface area contributed by atoms with Gasteiger partial charge in [-0.25, -0.2) is 8.78 Å². The summed E-state index contributed by atoms with van der Waals surface area (Å²) in [6.07, 6.45) is -0.0794. The fourth-order valence-corrected chi connectivity index (χ4v) is 1.57. The first kappa shape index (κ1) is 8.63. The summed E-state index contributed by atoms with van der Waals surface area (Å²) in [6.45, 7) is -0.164. The Balaban J connectivity index is 2.31. The molecule has 1 saturated carbocycles. The molecule has 1 aliphatic rings. The fraction of sp³-hybridized carbons (Fsp3) is 0.400. The largest absolute Gasteiger partial charge is 0.392 e. The Morgan fingerprint density at radius 2 is 2.00 bits per heavy atom. The average molecular weight is 184 g/mol. The molecule has 2 rings (SSSR count). The van der Waals surface area contributed by atoms with Gasteiger partial charge < -0.3 is 5.11 Å². The van der Waals surface area contributed by atoms with Gasteiger partial charge in [-0.05, 0) is 11.1 Å². The van der Waals surface area contributed by atoms with Crippen LogP contribution in [0.2, 0.25) is 0 Å². The van der Waals surface area contributed by atoms with Gasteiger partial charge in [-0.2, -0.15) is 0 Å². The summed E-state index contributed by atoms with van der Waals surface area (Å²) >= 11 is 0. The molecule has 13 heavy (non-hydrogen) atoms. The Morgan fingerprint density at radius 1 is 1.38 bits per heavy atom. The number of benzene rings is 1.